The molecule has 0 bridgehead atoms. The Bertz CT molecular complexity index is 1220. The molecule has 8 nitrogen and oxygen atoms in total. The Labute approximate surface area is 179 Å². The molecule has 2 aromatic carbocycles. The van der Waals surface area contributed by atoms with Crippen molar-refractivity contribution >= 4 is 33.2 Å². The van der Waals surface area contributed by atoms with Crippen molar-refractivity contribution < 1.29 is 13.2 Å². The standard InChI is InChI=1S/C20H21ClN4O4S/c1-14-19(20(27)25(24(14)2)16-6-4-3-5-7-16)23-18(26)12-13-22-30(28,29)17-10-8-15(21)9-11-17/h3-11,22H,12-13H2,1-2H3,(H,23,26). The normalized spacial score (nSPS) is 11.4. The van der Waals surface area contributed by atoms with E-state index >= 15 is 0 Å². The van der Waals surface area contributed by atoms with Gasteiger partial charge in [-0.2, -0.15) is 0 Å². The lowest BCUT2D eigenvalue weighted by atomic mass is 10.3. The van der Waals surface area contributed by atoms with Crippen LogP contribution in [0.1, 0.15) is 12.1 Å². The summed E-state index contributed by atoms with van der Waals surface area (Å²) in [5.41, 5.74) is 1.05. The zero-order valence-corrected chi connectivity index (χ0v) is 18.0. The number of carbonyl (C=O) groups is 1. The highest BCUT2D eigenvalue weighted by Gasteiger charge is 2.19. The minimum atomic E-state index is -3.76. The van der Waals surface area contributed by atoms with Crippen LogP contribution in [0.2, 0.25) is 5.02 Å². The van der Waals surface area contributed by atoms with Crippen LogP contribution in [-0.4, -0.2) is 30.2 Å². The predicted octanol–water partition coefficient (Wildman–Crippen LogP) is 2.44. The quantitative estimate of drug-likeness (QED) is 0.579. The first-order valence-electron chi connectivity index (χ1n) is 9.10. The lowest BCUT2D eigenvalue weighted by molar-refractivity contribution is -0.116. The molecule has 0 aliphatic rings. The molecule has 1 aromatic heterocycles. The molecule has 30 heavy (non-hydrogen) atoms. The molecule has 0 spiro atoms. The summed E-state index contributed by atoms with van der Waals surface area (Å²) in [6.07, 6.45) is -0.133. The number of para-hydroxylation sites is 1. The van der Waals surface area contributed by atoms with Gasteiger partial charge in [-0.05, 0) is 43.3 Å². The highest BCUT2D eigenvalue weighted by molar-refractivity contribution is 7.89. The van der Waals surface area contributed by atoms with E-state index in [1.807, 2.05) is 18.2 Å². The molecule has 158 valence electrons. The number of nitrogens with zero attached hydrogens (tertiary/aromatic N) is 2. The van der Waals surface area contributed by atoms with Crippen LogP contribution in [-0.2, 0) is 21.9 Å². The second-order valence-electron chi connectivity index (χ2n) is 6.59. The third kappa shape index (κ3) is 4.64. The number of rotatable bonds is 7. The van der Waals surface area contributed by atoms with E-state index in [1.165, 1.54) is 28.9 Å². The van der Waals surface area contributed by atoms with Crippen LogP contribution >= 0.6 is 11.6 Å². The summed E-state index contributed by atoms with van der Waals surface area (Å²) in [7, 11) is -2.04. The van der Waals surface area contributed by atoms with E-state index < -0.39 is 15.9 Å². The van der Waals surface area contributed by atoms with Gasteiger partial charge in [0, 0.05) is 25.0 Å². The highest BCUT2D eigenvalue weighted by Crippen LogP contribution is 2.15. The highest BCUT2D eigenvalue weighted by atomic mass is 35.5. The number of anilines is 1. The Morgan fingerprint density at radius 3 is 2.33 bits per heavy atom. The van der Waals surface area contributed by atoms with Crippen LogP contribution in [0.5, 0.6) is 0 Å². The van der Waals surface area contributed by atoms with E-state index in [0.717, 1.165) is 0 Å². The Balaban J connectivity index is 1.67. The number of nitrogens with one attached hydrogen (secondary N) is 2. The fourth-order valence-corrected chi connectivity index (χ4v) is 4.07. The minimum absolute atomic E-state index is 0.0527. The van der Waals surface area contributed by atoms with Crippen LogP contribution in [0.25, 0.3) is 5.69 Å². The molecule has 0 saturated carbocycles. The molecule has 0 unspecified atom stereocenters. The van der Waals surface area contributed by atoms with Gasteiger partial charge in [0.2, 0.25) is 15.9 Å². The molecule has 0 aliphatic heterocycles. The molecule has 0 atom stereocenters. The van der Waals surface area contributed by atoms with E-state index in [-0.39, 0.29) is 29.1 Å². The van der Waals surface area contributed by atoms with Crippen molar-refractivity contribution in [1.82, 2.24) is 14.1 Å². The van der Waals surface area contributed by atoms with Gasteiger partial charge in [-0.25, -0.2) is 17.8 Å². The summed E-state index contributed by atoms with van der Waals surface area (Å²) in [6.45, 7) is 1.61. The SMILES string of the molecule is Cc1c(NC(=O)CCNS(=O)(=O)c2ccc(Cl)cc2)c(=O)n(-c2ccccc2)n1C. The van der Waals surface area contributed by atoms with E-state index in [4.69, 9.17) is 11.6 Å². The number of amides is 1. The number of hydrogen-bond donors (Lipinski definition) is 2. The first-order valence-corrected chi connectivity index (χ1v) is 11.0. The molecular weight excluding hydrogens is 428 g/mol. The Morgan fingerprint density at radius 1 is 1.07 bits per heavy atom. The lowest BCUT2D eigenvalue weighted by Crippen LogP contribution is -2.29. The fourth-order valence-electron chi connectivity index (χ4n) is 2.91. The van der Waals surface area contributed by atoms with E-state index in [2.05, 4.69) is 10.0 Å². The van der Waals surface area contributed by atoms with E-state index in [1.54, 1.807) is 30.8 Å². The number of sulfonamides is 1. The summed E-state index contributed by atoms with van der Waals surface area (Å²) >= 11 is 5.76. The second kappa shape index (κ2) is 8.86. The maximum Gasteiger partial charge on any atom is 0.295 e. The molecule has 1 amide bonds. The van der Waals surface area contributed by atoms with Crippen LogP contribution in [0.4, 0.5) is 5.69 Å². The van der Waals surface area contributed by atoms with Crippen molar-refractivity contribution in [3.8, 4) is 5.69 Å². The van der Waals surface area contributed by atoms with Crippen LogP contribution in [0, 0.1) is 6.92 Å². The minimum Gasteiger partial charge on any atom is -0.320 e. The number of carbonyl (C=O) groups excluding carboxylic acids is 1. The van der Waals surface area contributed by atoms with Crippen LogP contribution < -0.4 is 15.6 Å². The molecule has 2 N–H and O–H groups in total. The Hall–Kier alpha value is -2.88. The smallest absolute Gasteiger partial charge is 0.295 e. The van der Waals surface area contributed by atoms with Crippen molar-refractivity contribution in [3.05, 3.63) is 75.7 Å². The fraction of sp³-hybridized carbons (Fsp3) is 0.200. The third-order valence-electron chi connectivity index (χ3n) is 4.59. The molecule has 0 radical (unpaired) electrons. The van der Waals surface area contributed by atoms with Gasteiger partial charge in [-0.3, -0.25) is 14.3 Å². The van der Waals surface area contributed by atoms with E-state index in [9.17, 15) is 18.0 Å². The van der Waals surface area contributed by atoms with Gasteiger partial charge in [0.05, 0.1) is 16.3 Å². The van der Waals surface area contributed by atoms with Gasteiger partial charge in [0.25, 0.3) is 5.56 Å². The topological polar surface area (TPSA) is 102 Å². The monoisotopic (exact) mass is 448 g/mol. The molecule has 3 aromatic rings. The molecule has 10 heteroatoms. The Morgan fingerprint density at radius 2 is 1.70 bits per heavy atom. The van der Waals surface area contributed by atoms with Gasteiger partial charge < -0.3 is 5.32 Å². The lowest BCUT2D eigenvalue weighted by Gasteiger charge is -2.07. The first kappa shape index (κ1) is 21.8. The van der Waals surface area contributed by atoms with Crippen molar-refractivity contribution in [3.63, 3.8) is 0 Å². The number of hydrogen-bond acceptors (Lipinski definition) is 4. The summed E-state index contributed by atoms with van der Waals surface area (Å²) in [4.78, 5) is 25.2. The van der Waals surface area contributed by atoms with Gasteiger partial charge >= 0.3 is 0 Å². The van der Waals surface area contributed by atoms with Gasteiger partial charge in [0.15, 0.2) is 0 Å². The zero-order valence-electron chi connectivity index (χ0n) is 16.4. The van der Waals surface area contributed by atoms with Gasteiger partial charge in [-0.1, -0.05) is 29.8 Å². The average molecular weight is 449 g/mol. The molecule has 0 fully saturated rings. The molecule has 3 rings (SSSR count). The van der Waals surface area contributed by atoms with Crippen molar-refractivity contribution in [1.29, 1.82) is 0 Å². The molecule has 0 saturated heterocycles. The Kier molecular flexibility index (Phi) is 6.45. The van der Waals surface area contributed by atoms with Crippen LogP contribution in [0.3, 0.4) is 0 Å². The number of benzene rings is 2. The zero-order chi connectivity index (χ0) is 21.9. The van der Waals surface area contributed by atoms with Crippen molar-refractivity contribution in [2.24, 2.45) is 7.05 Å². The van der Waals surface area contributed by atoms with E-state index in [0.29, 0.717) is 16.4 Å². The third-order valence-corrected chi connectivity index (χ3v) is 6.32. The molecule has 1 heterocycles. The summed E-state index contributed by atoms with van der Waals surface area (Å²) in [6, 6.07) is 14.8. The summed E-state index contributed by atoms with van der Waals surface area (Å²) < 4.78 is 30.0. The maximum absolute atomic E-state index is 12.8. The molecule has 0 aliphatic carbocycles. The first-order chi connectivity index (χ1) is 14.2. The molecular formula is C20H21ClN4O4S. The summed E-state index contributed by atoms with van der Waals surface area (Å²) in [5.74, 6) is -0.472. The second-order valence-corrected chi connectivity index (χ2v) is 8.79. The summed E-state index contributed by atoms with van der Waals surface area (Å²) in [5, 5.41) is 3.02. The number of aromatic nitrogens is 2. The average Bonchev–Trinajstić information content (AvgIpc) is 2.92. The number of halogens is 1. The van der Waals surface area contributed by atoms with Crippen LogP contribution in [0.15, 0.2) is 64.3 Å². The van der Waals surface area contributed by atoms with Crippen molar-refractivity contribution in [2.45, 2.75) is 18.2 Å². The predicted molar refractivity (Wildman–Crippen MR) is 116 cm³/mol. The maximum atomic E-state index is 12.8. The van der Waals surface area contributed by atoms with Crippen molar-refractivity contribution in [2.75, 3.05) is 11.9 Å². The van der Waals surface area contributed by atoms with Gasteiger partial charge in [0.1, 0.15) is 5.69 Å². The largest absolute Gasteiger partial charge is 0.320 e. The van der Waals surface area contributed by atoms with Gasteiger partial charge in [-0.15, -0.1) is 0 Å².